The van der Waals surface area contributed by atoms with Gasteiger partial charge in [0, 0.05) is 23.2 Å². The second kappa shape index (κ2) is 4.49. The molecule has 18 heavy (non-hydrogen) atoms. The van der Waals surface area contributed by atoms with E-state index in [0.717, 1.165) is 10.9 Å². The predicted octanol–water partition coefficient (Wildman–Crippen LogP) is 3.55. The number of pyridine rings is 1. The van der Waals surface area contributed by atoms with Crippen LogP contribution in [0.2, 0.25) is 0 Å². The average molecular weight is 243 g/mol. The molecule has 0 fully saturated rings. The van der Waals surface area contributed by atoms with Gasteiger partial charge in [-0.15, -0.1) is 0 Å². The molecule has 2 aromatic heterocycles. The molecule has 1 aromatic carbocycles. The zero-order valence-corrected chi connectivity index (χ0v) is 9.47. The molecule has 90 valence electrons. The van der Waals surface area contributed by atoms with E-state index in [1.165, 1.54) is 12.1 Å². The molecule has 2 heterocycles. The number of aromatic nitrogens is 1. The van der Waals surface area contributed by atoms with Gasteiger partial charge < -0.3 is 9.15 Å². The average Bonchev–Trinajstić information content (AvgIpc) is 2.80. The first-order chi connectivity index (χ1) is 8.83. The molecule has 4 heteroatoms. The fourth-order valence-corrected chi connectivity index (χ4v) is 1.76. The summed E-state index contributed by atoms with van der Waals surface area (Å²) in [7, 11) is 0. The van der Waals surface area contributed by atoms with E-state index >= 15 is 0 Å². The molecule has 0 bridgehead atoms. The van der Waals surface area contributed by atoms with Gasteiger partial charge in [-0.25, -0.2) is 4.39 Å². The largest absolute Gasteiger partial charge is 0.487 e. The smallest absolute Gasteiger partial charge is 0.138 e. The van der Waals surface area contributed by atoms with Crippen LogP contribution in [-0.2, 0) is 6.61 Å². The summed E-state index contributed by atoms with van der Waals surface area (Å²) in [5, 5.41) is 0.861. The second-order valence-corrected chi connectivity index (χ2v) is 3.88. The quantitative estimate of drug-likeness (QED) is 0.705. The van der Waals surface area contributed by atoms with Gasteiger partial charge in [0.05, 0.1) is 12.5 Å². The van der Waals surface area contributed by atoms with Crippen LogP contribution in [0.15, 0.2) is 53.4 Å². The van der Waals surface area contributed by atoms with Crippen molar-refractivity contribution in [2.24, 2.45) is 0 Å². The molecule has 0 atom stereocenters. The Morgan fingerprint density at radius 1 is 1.28 bits per heavy atom. The molecular formula is C14H10FNO2. The lowest BCUT2D eigenvalue weighted by atomic mass is 10.2. The van der Waals surface area contributed by atoms with Crippen LogP contribution in [-0.4, -0.2) is 4.98 Å². The minimum atomic E-state index is -0.309. The molecule has 0 saturated heterocycles. The summed E-state index contributed by atoms with van der Waals surface area (Å²) in [6, 6.07) is 8.09. The summed E-state index contributed by atoms with van der Waals surface area (Å²) >= 11 is 0. The summed E-state index contributed by atoms with van der Waals surface area (Å²) in [4.78, 5) is 3.96. The molecule has 0 N–H and O–H groups in total. The molecule has 0 amide bonds. The summed E-state index contributed by atoms with van der Waals surface area (Å²) in [6.07, 6.45) is 4.91. The molecule has 3 aromatic rings. The number of furan rings is 1. The van der Waals surface area contributed by atoms with Gasteiger partial charge in [0.15, 0.2) is 0 Å². The van der Waals surface area contributed by atoms with E-state index < -0.39 is 0 Å². The van der Waals surface area contributed by atoms with Crippen molar-refractivity contribution in [3.63, 3.8) is 0 Å². The summed E-state index contributed by atoms with van der Waals surface area (Å²) < 4.78 is 23.9. The minimum Gasteiger partial charge on any atom is -0.487 e. The molecular weight excluding hydrogens is 233 g/mol. The van der Waals surface area contributed by atoms with Crippen LogP contribution < -0.4 is 4.74 Å². The van der Waals surface area contributed by atoms with Crippen molar-refractivity contribution in [2.75, 3.05) is 0 Å². The second-order valence-electron chi connectivity index (χ2n) is 3.88. The molecule has 0 spiro atoms. The van der Waals surface area contributed by atoms with Gasteiger partial charge in [-0.05, 0) is 24.3 Å². The van der Waals surface area contributed by atoms with Crippen LogP contribution in [0.4, 0.5) is 4.39 Å². The maximum Gasteiger partial charge on any atom is 0.138 e. The number of ether oxygens (including phenoxy) is 1. The summed E-state index contributed by atoms with van der Waals surface area (Å²) in [6.45, 7) is 0.365. The van der Waals surface area contributed by atoms with Gasteiger partial charge in [-0.1, -0.05) is 0 Å². The van der Waals surface area contributed by atoms with Gasteiger partial charge in [-0.3, -0.25) is 4.98 Å². The van der Waals surface area contributed by atoms with E-state index in [1.54, 1.807) is 30.8 Å². The summed E-state index contributed by atoms with van der Waals surface area (Å²) in [5.41, 5.74) is 1.41. The molecule has 0 aliphatic rings. The Labute approximate surface area is 103 Å². The monoisotopic (exact) mass is 243 g/mol. The zero-order chi connectivity index (χ0) is 12.4. The fourth-order valence-electron chi connectivity index (χ4n) is 1.76. The molecule has 0 saturated carbocycles. The van der Waals surface area contributed by atoms with E-state index in [4.69, 9.17) is 9.15 Å². The maximum atomic E-state index is 13.0. The van der Waals surface area contributed by atoms with Crippen molar-refractivity contribution in [1.82, 2.24) is 4.98 Å². The maximum absolute atomic E-state index is 13.0. The van der Waals surface area contributed by atoms with Crippen molar-refractivity contribution in [1.29, 1.82) is 0 Å². The van der Waals surface area contributed by atoms with E-state index in [-0.39, 0.29) is 5.82 Å². The zero-order valence-electron chi connectivity index (χ0n) is 9.47. The Kier molecular flexibility index (Phi) is 2.68. The Bertz CT molecular complexity index is 664. The number of halogens is 1. The van der Waals surface area contributed by atoms with Gasteiger partial charge >= 0.3 is 0 Å². The van der Waals surface area contributed by atoms with Crippen LogP contribution in [0.25, 0.3) is 11.0 Å². The third kappa shape index (κ3) is 2.05. The number of fused-ring (bicyclic) bond motifs is 1. The van der Waals surface area contributed by atoms with Crippen LogP contribution >= 0.6 is 0 Å². The van der Waals surface area contributed by atoms with Crippen molar-refractivity contribution >= 4 is 11.0 Å². The van der Waals surface area contributed by atoms with Gasteiger partial charge in [0.25, 0.3) is 0 Å². The highest BCUT2D eigenvalue weighted by atomic mass is 19.1. The first-order valence-electron chi connectivity index (χ1n) is 5.51. The lowest BCUT2D eigenvalue weighted by Crippen LogP contribution is -1.94. The standard InChI is InChI=1S/C14H10FNO2/c15-11-3-4-13-10(9-18-14(13)6-11)8-17-12-2-1-5-16-7-12/h1-7,9H,8H2. The van der Waals surface area contributed by atoms with Gasteiger partial charge in [-0.2, -0.15) is 0 Å². The van der Waals surface area contributed by atoms with E-state index in [1.807, 2.05) is 6.07 Å². The number of hydrogen-bond acceptors (Lipinski definition) is 3. The van der Waals surface area contributed by atoms with Crippen molar-refractivity contribution < 1.29 is 13.5 Å². The first-order valence-corrected chi connectivity index (χ1v) is 5.51. The molecule has 3 rings (SSSR count). The Morgan fingerprint density at radius 2 is 2.22 bits per heavy atom. The van der Waals surface area contributed by atoms with Crippen molar-refractivity contribution in [3.8, 4) is 5.75 Å². The number of hydrogen-bond donors (Lipinski definition) is 0. The SMILES string of the molecule is Fc1ccc2c(COc3cccnc3)coc2c1. The highest BCUT2D eigenvalue weighted by molar-refractivity contribution is 5.80. The fraction of sp³-hybridized carbons (Fsp3) is 0.0714. The predicted molar refractivity (Wildman–Crippen MR) is 64.7 cm³/mol. The normalized spacial score (nSPS) is 10.7. The highest BCUT2D eigenvalue weighted by Crippen LogP contribution is 2.23. The first kappa shape index (κ1) is 10.8. The molecule has 0 aliphatic carbocycles. The Balaban J connectivity index is 1.83. The van der Waals surface area contributed by atoms with Gasteiger partial charge in [0.1, 0.15) is 23.8 Å². The Morgan fingerprint density at radius 3 is 3.06 bits per heavy atom. The minimum absolute atomic E-state index is 0.309. The van der Waals surface area contributed by atoms with Crippen LogP contribution in [0.5, 0.6) is 5.75 Å². The van der Waals surface area contributed by atoms with E-state index in [0.29, 0.717) is 17.9 Å². The van der Waals surface area contributed by atoms with Crippen LogP contribution in [0.3, 0.4) is 0 Å². The van der Waals surface area contributed by atoms with Crippen LogP contribution in [0.1, 0.15) is 5.56 Å². The molecule has 0 aliphatic heterocycles. The van der Waals surface area contributed by atoms with E-state index in [2.05, 4.69) is 4.98 Å². The number of nitrogens with zero attached hydrogens (tertiary/aromatic N) is 1. The van der Waals surface area contributed by atoms with Crippen molar-refractivity contribution in [2.45, 2.75) is 6.61 Å². The third-order valence-electron chi connectivity index (χ3n) is 2.65. The lowest BCUT2D eigenvalue weighted by molar-refractivity contribution is 0.304. The molecule has 0 unspecified atom stereocenters. The number of rotatable bonds is 3. The highest BCUT2D eigenvalue weighted by Gasteiger charge is 2.07. The number of benzene rings is 1. The van der Waals surface area contributed by atoms with E-state index in [9.17, 15) is 4.39 Å². The van der Waals surface area contributed by atoms with Crippen LogP contribution in [0, 0.1) is 5.82 Å². The van der Waals surface area contributed by atoms with Gasteiger partial charge in [0.2, 0.25) is 0 Å². The summed E-state index contributed by atoms with van der Waals surface area (Å²) in [5.74, 6) is 0.380. The molecule has 3 nitrogen and oxygen atoms in total. The molecule has 0 radical (unpaired) electrons. The third-order valence-corrected chi connectivity index (χ3v) is 2.65. The topological polar surface area (TPSA) is 35.3 Å². The van der Waals surface area contributed by atoms with Crippen molar-refractivity contribution in [3.05, 3.63) is 60.4 Å². The lowest BCUT2D eigenvalue weighted by Gasteiger charge is -2.03. The Hall–Kier alpha value is -2.36.